The smallest absolute Gasteiger partial charge is 0.0580 e. The molecule has 0 bridgehead atoms. The first-order valence-corrected chi connectivity index (χ1v) is 7.05. The van der Waals surface area contributed by atoms with Crippen LogP contribution < -0.4 is 5.73 Å². The minimum absolute atomic E-state index is 0.325. The maximum Gasteiger partial charge on any atom is 0.0580 e. The van der Waals surface area contributed by atoms with Crippen LogP contribution in [0.5, 0.6) is 0 Å². The van der Waals surface area contributed by atoms with Gasteiger partial charge in [-0.3, -0.25) is 0 Å². The standard InChI is InChI=1S/C13H21NOS/c1-2-15-12-7-10(8-12)6-11(14)9-13-4-3-5-16-13/h3-5,10-12H,2,6-9,14H2,1H3. The van der Waals surface area contributed by atoms with E-state index in [0.29, 0.717) is 12.1 Å². The van der Waals surface area contributed by atoms with E-state index in [1.165, 1.54) is 17.7 Å². The van der Waals surface area contributed by atoms with Gasteiger partial charge in [-0.05, 0) is 50.0 Å². The predicted molar refractivity (Wildman–Crippen MR) is 68.8 cm³/mol. The van der Waals surface area contributed by atoms with E-state index in [4.69, 9.17) is 10.5 Å². The van der Waals surface area contributed by atoms with E-state index < -0.39 is 0 Å². The second-order valence-electron chi connectivity index (χ2n) is 4.69. The molecule has 0 aliphatic heterocycles. The van der Waals surface area contributed by atoms with Gasteiger partial charge in [0.25, 0.3) is 0 Å². The summed E-state index contributed by atoms with van der Waals surface area (Å²) in [5, 5.41) is 2.12. The Labute approximate surface area is 102 Å². The molecule has 0 spiro atoms. The average molecular weight is 239 g/mol. The summed E-state index contributed by atoms with van der Waals surface area (Å²) < 4.78 is 5.56. The third-order valence-corrected chi connectivity index (χ3v) is 4.17. The third kappa shape index (κ3) is 3.30. The first-order valence-electron chi connectivity index (χ1n) is 6.17. The fourth-order valence-electron chi connectivity index (χ4n) is 2.44. The number of hydrogen-bond donors (Lipinski definition) is 1. The maximum atomic E-state index is 6.16. The van der Waals surface area contributed by atoms with E-state index in [9.17, 15) is 0 Å². The van der Waals surface area contributed by atoms with Gasteiger partial charge in [0.05, 0.1) is 6.10 Å². The number of rotatable bonds is 6. The van der Waals surface area contributed by atoms with Crippen LogP contribution in [0.3, 0.4) is 0 Å². The second-order valence-corrected chi connectivity index (χ2v) is 5.73. The van der Waals surface area contributed by atoms with Gasteiger partial charge in [-0.2, -0.15) is 0 Å². The first-order chi connectivity index (χ1) is 7.78. The van der Waals surface area contributed by atoms with Gasteiger partial charge in [0.1, 0.15) is 0 Å². The Bertz CT molecular complexity index is 293. The Morgan fingerprint density at radius 3 is 3.00 bits per heavy atom. The van der Waals surface area contributed by atoms with Crippen LogP contribution in [0.15, 0.2) is 17.5 Å². The van der Waals surface area contributed by atoms with E-state index >= 15 is 0 Å². The second kappa shape index (κ2) is 5.80. The summed E-state index contributed by atoms with van der Waals surface area (Å²) in [5.74, 6) is 0.798. The van der Waals surface area contributed by atoms with Crippen molar-refractivity contribution in [2.45, 2.75) is 44.8 Å². The summed E-state index contributed by atoms with van der Waals surface area (Å²) in [5.41, 5.74) is 6.16. The lowest BCUT2D eigenvalue weighted by molar-refractivity contribution is -0.0280. The lowest BCUT2D eigenvalue weighted by Gasteiger charge is -2.36. The Hall–Kier alpha value is -0.380. The van der Waals surface area contributed by atoms with Gasteiger partial charge in [-0.25, -0.2) is 0 Å². The van der Waals surface area contributed by atoms with Crippen molar-refractivity contribution in [3.8, 4) is 0 Å². The van der Waals surface area contributed by atoms with Crippen LogP contribution in [0.2, 0.25) is 0 Å². The van der Waals surface area contributed by atoms with Crippen LogP contribution in [-0.2, 0) is 11.2 Å². The Kier molecular flexibility index (Phi) is 4.38. The summed E-state index contributed by atoms with van der Waals surface area (Å²) in [6, 6.07) is 4.60. The van der Waals surface area contributed by atoms with Crippen LogP contribution in [0.25, 0.3) is 0 Å². The summed E-state index contributed by atoms with van der Waals surface area (Å²) in [6.45, 7) is 2.91. The van der Waals surface area contributed by atoms with Gasteiger partial charge in [0.15, 0.2) is 0 Å². The molecule has 0 amide bonds. The highest BCUT2D eigenvalue weighted by Gasteiger charge is 2.30. The minimum Gasteiger partial charge on any atom is -0.378 e. The molecule has 2 N–H and O–H groups in total. The summed E-state index contributed by atoms with van der Waals surface area (Å²) in [4.78, 5) is 1.41. The zero-order valence-corrected chi connectivity index (χ0v) is 10.7. The van der Waals surface area contributed by atoms with Gasteiger partial charge >= 0.3 is 0 Å². The zero-order chi connectivity index (χ0) is 11.4. The van der Waals surface area contributed by atoms with E-state index in [0.717, 1.165) is 25.4 Å². The molecule has 16 heavy (non-hydrogen) atoms. The summed E-state index contributed by atoms with van der Waals surface area (Å²) in [7, 11) is 0. The monoisotopic (exact) mass is 239 g/mol. The molecule has 1 saturated carbocycles. The highest BCUT2D eigenvalue weighted by Crippen LogP contribution is 2.33. The van der Waals surface area contributed by atoms with E-state index in [1.807, 2.05) is 11.3 Å². The topological polar surface area (TPSA) is 35.2 Å². The minimum atomic E-state index is 0.325. The summed E-state index contributed by atoms with van der Waals surface area (Å²) >= 11 is 1.81. The SMILES string of the molecule is CCOC1CC(CC(N)Cc2cccs2)C1. The maximum absolute atomic E-state index is 6.16. The average Bonchev–Trinajstić information content (AvgIpc) is 2.67. The molecular weight excluding hydrogens is 218 g/mol. The molecule has 2 rings (SSSR count). The van der Waals surface area contributed by atoms with Crippen molar-refractivity contribution < 1.29 is 4.74 Å². The molecule has 0 radical (unpaired) electrons. The lowest BCUT2D eigenvalue weighted by atomic mass is 9.78. The number of hydrogen-bond acceptors (Lipinski definition) is 3. The van der Waals surface area contributed by atoms with Crippen molar-refractivity contribution in [2.24, 2.45) is 11.7 Å². The zero-order valence-electron chi connectivity index (χ0n) is 9.89. The van der Waals surface area contributed by atoms with E-state index in [1.54, 1.807) is 0 Å². The van der Waals surface area contributed by atoms with Crippen LogP contribution in [0.1, 0.15) is 31.1 Å². The van der Waals surface area contributed by atoms with Gasteiger partial charge in [0, 0.05) is 17.5 Å². The molecule has 1 aromatic heterocycles. The van der Waals surface area contributed by atoms with Crippen molar-refractivity contribution >= 4 is 11.3 Å². The highest BCUT2D eigenvalue weighted by atomic mass is 32.1. The Balaban J connectivity index is 1.64. The van der Waals surface area contributed by atoms with Gasteiger partial charge in [-0.15, -0.1) is 11.3 Å². The Morgan fingerprint density at radius 1 is 1.56 bits per heavy atom. The van der Waals surface area contributed by atoms with Crippen molar-refractivity contribution in [1.29, 1.82) is 0 Å². The van der Waals surface area contributed by atoms with Crippen molar-refractivity contribution in [3.63, 3.8) is 0 Å². The molecule has 2 nitrogen and oxygen atoms in total. The molecule has 1 atom stereocenters. The molecule has 1 aliphatic carbocycles. The lowest BCUT2D eigenvalue weighted by Crippen LogP contribution is -2.36. The van der Waals surface area contributed by atoms with Crippen molar-refractivity contribution in [3.05, 3.63) is 22.4 Å². The number of nitrogens with two attached hydrogens (primary N) is 1. The molecule has 90 valence electrons. The molecule has 1 fully saturated rings. The van der Waals surface area contributed by atoms with E-state index in [2.05, 4.69) is 24.4 Å². The van der Waals surface area contributed by atoms with Gasteiger partial charge in [-0.1, -0.05) is 6.07 Å². The van der Waals surface area contributed by atoms with Crippen LogP contribution in [0.4, 0.5) is 0 Å². The highest BCUT2D eigenvalue weighted by molar-refractivity contribution is 7.09. The largest absolute Gasteiger partial charge is 0.378 e. The molecule has 0 saturated heterocycles. The number of thiophene rings is 1. The molecule has 1 unspecified atom stereocenters. The molecule has 3 heteroatoms. The molecule has 1 aliphatic rings. The summed E-state index contributed by atoms with van der Waals surface area (Å²) in [6.07, 6.45) is 5.14. The molecule has 1 heterocycles. The molecule has 1 aromatic rings. The van der Waals surface area contributed by atoms with Crippen LogP contribution >= 0.6 is 11.3 Å². The fraction of sp³-hybridized carbons (Fsp3) is 0.692. The third-order valence-electron chi connectivity index (χ3n) is 3.27. The van der Waals surface area contributed by atoms with Crippen molar-refractivity contribution in [2.75, 3.05) is 6.61 Å². The predicted octanol–water partition coefficient (Wildman–Crippen LogP) is 2.82. The molecular formula is C13H21NOS. The normalized spacial score (nSPS) is 26.4. The number of ether oxygens (including phenoxy) is 1. The van der Waals surface area contributed by atoms with Gasteiger partial charge < -0.3 is 10.5 Å². The Morgan fingerprint density at radius 2 is 2.38 bits per heavy atom. The van der Waals surface area contributed by atoms with Crippen LogP contribution in [0, 0.1) is 5.92 Å². The van der Waals surface area contributed by atoms with Gasteiger partial charge in [0.2, 0.25) is 0 Å². The van der Waals surface area contributed by atoms with Crippen molar-refractivity contribution in [1.82, 2.24) is 0 Å². The molecule has 0 aromatic carbocycles. The first kappa shape index (κ1) is 12.1. The van der Waals surface area contributed by atoms with Crippen LogP contribution in [-0.4, -0.2) is 18.8 Å². The fourth-order valence-corrected chi connectivity index (χ4v) is 3.24. The quantitative estimate of drug-likeness (QED) is 0.828. The van der Waals surface area contributed by atoms with E-state index in [-0.39, 0.29) is 0 Å².